The first-order valence-electron chi connectivity index (χ1n) is 6.63. The first-order valence-corrected chi connectivity index (χ1v) is 8.07. The van der Waals surface area contributed by atoms with Gasteiger partial charge in [-0.25, -0.2) is 8.42 Å². The molecule has 1 unspecified atom stereocenters. The molecule has 6 heteroatoms. The molecule has 0 amide bonds. The molecule has 0 radical (unpaired) electrons. The Morgan fingerprint density at radius 1 is 1.44 bits per heavy atom. The lowest BCUT2D eigenvalue weighted by atomic mass is 9.96. The predicted molar refractivity (Wildman–Crippen MR) is 69.6 cm³/mol. The van der Waals surface area contributed by atoms with Gasteiger partial charge in [-0.15, -0.1) is 0 Å². The predicted octanol–water partition coefficient (Wildman–Crippen LogP) is 2.00. The maximum absolute atomic E-state index is 12.3. The van der Waals surface area contributed by atoms with Crippen LogP contribution in [-0.2, 0) is 10.0 Å². The number of rotatable bonds is 4. The van der Waals surface area contributed by atoms with Gasteiger partial charge in [-0.05, 0) is 25.2 Å². The van der Waals surface area contributed by atoms with E-state index in [1.807, 2.05) is 0 Å². The largest absolute Gasteiger partial charge is 0.284 e. The van der Waals surface area contributed by atoms with E-state index >= 15 is 0 Å². The molecule has 5 nitrogen and oxygen atoms in total. The van der Waals surface area contributed by atoms with E-state index in [-0.39, 0.29) is 4.90 Å². The minimum absolute atomic E-state index is 0.274. The van der Waals surface area contributed by atoms with E-state index in [1.54, 1.807) is 4.31 Å². The highest BCUT2D eigenvalue weighted by molar-refractivity contribution is 7.89. The van der Waals surface area contributed by atoms with E-state index in [2.05, 4.69) is 17.1 Å². The SMILES string of the molecule is CCCC1CCCN(S(=O)(=O)c2cn[nH]c2)CC1. The van der Waals surface area contributed by atoms with Crippen LogP contribution in [0.4, 0.5) is 0 Å². The number of hydrogen-bond donors (Lipinski definition) is 1. The molecule has 1 aromatic heterocycles. The normalized spacial score (nSPS) is 22.8. The number of H-pyrrole nitrogens is 1. The lowest BCUT2D eigenvalue weighted by Gasteiger charge is -2.19. The molecule has 102 valence electrons. The molecule has 0 spiro atoms. The van der Waals surface area contributed by atoms with E-state index in [0.29, 0.717) is 19.0 Å². The number of nitrogens with one attached hydrogen (secondary N) is 1. The summed E-state index contributed by atoms with van der Waals surface area (Å²) >= 11 is 0. The Hall–Kier alpha value is -0.880. The fourth-order valence-corrected chi connectivity index (χ4v) is 4.01. The number of aromatic amines is 1. The average molecular weight is 271 g/mol. The summed E-state index contributed by atoms with van der Waals surface area (Å²) in [4.78, 5) is 0.274. The van der Waals surface area contributed by atoms with Crippen molar-refractivity contribution in [2.24, 2.45) is 5.92 Å². The Morgan fingerprint density at radius 2 is 2.28 bits per heavy atom. The maximum atomic E-state index is 12.3. The van der Waals surface area contributed by atoms with Crippen molar-refractivity contribution in [3.05, 3.63) is 12.4 Å². The molecule has 0 aliphatic carbocycles. The molecule has 0 saturated carbocycles. The second kappa shape index (κ2) is 5.84. The molecule has 1 atom stereocenters. The molecule has 1 fully saturated rings. The molecule has 1 saturated heterocycles. The summed E-state index contributed by atoms with van der Waals surface area (Å²) < 4.78 is 26.3. The van der Waals surface area contributed by atoms with Crippen LogP contribution in [0.2, 0.25) is 0 Å². The van der Waals surface area contributed by atoms with Gasteiger partial charge in [0, 0.05) is 19.3 Å². The summed E-state index contributed by atoms with van der Waals surface area (Å²) in [7, 11) is -3.34. The minimum atomic E-state index is -3.34. The molecule has 18 heavy (non-hydrogen) atoms. The summed E-state index contributed by atoms with van der Waals surface area (Å²) in [5.41, 5.74) is 0. The van der Waals surface area contributed by atoms with Gasteiger partial charge >= 0.3 is 0 Å². The van der Waals surface area contributed by atoms with Gasteiger partial charge in [-0.2, -0.15) is 9.40 Å². The fraction of sp³-hybridized carbons (Fsp3) is 0.750. The lowest BCUT2D eigenvalue weighted by Crippen LogP contribution is -2.31. The maximum Gasteiger partial charge on any atom is 0.246 e. The zero-order chi connectivity index (χ0) is 13.0. The van der Waals surface area contributed by atoms with Crippen LogP contribution in [0.5, 0.6) is 0 Å². The lowest BCUT2D eigenvalue weighted by molar-refractivity contribution is 0.400. The quantitative estimate of drug-likeness (QED) is 0.911. The molecule has 1 aliphatic heterocycles. The van der Waals surface area contributed by atoms with Crippen molar-refractivity contribution in [1.82, 2.24) is 14.5 Å². The molecule has 0 bridgehead atoms. The summed E-state index contributed by atoms with van der Waals surface area (Å²) in [5, 5.41) is 6.28. The van der Waals surface area contributed by atoms with Crippen molar-refractivity contribution < 1.29 is 8.42 Å². The van der Waals surface area contributed by atoms with Gasteiger partial charge in [0.2, 0.25) is 10.0 Å². The van der Waals surface area contributed by atoms with Crippen LogP contribution in [0.3, 0.4) is 0 Å². The summed E-state index contributed by atoms with van der Waals surface area (Å²) in [6.45, 7) is 3.46. The van der Waals surface area contributed by atoms with E-state index in [0.717, 1.165) is 19.3 Å². The van der Waals surface area contributed by atoms with Crippen molar-refractivity contribution in [2.45, 2.75) is 43.9 Å². The van der Waals surface area contributed by atoms with Crippen LogP contribution in [0.15, 0.2) is 17.3 Å². The molecule has 1 N–H and O–H groups in total. The van der Waals surface area contributed by atoms with Gasteiger partial charge in [0.1, 0.15) is 4.90 Å². The minimum Gasteiger partial charge on any atom is -0.284 e. The zero-order valence-electron chi connectivity index (χ0n) is 10.8. The third-order valence-electron chi connectivity index (χ3n) is 3.61. The molecular formula is C12H21N3O2S. The Bertz CT molecular complexity index is 456. The van der Waals surface area contributed by atoms with E-state index in [1.165, 1.54) is 25.2 Å². The summed E-state index contributed by atoms with van der Waals surface area (Å²) in [6, 6.07) is 0. The summed E-state index contributed by atoms with van der Waals surface area (Å²) in [6.07, 6.45) is 8.30. The zero-order valence-corrected chi connectivity index (χ0v) is 11.6. The van der Waals surface area contributed by atoms with Crippen LogP contribution < -0.4 is 0 Å². The third-order valence-corrected chi connectivity index (χ3v) is 5.48. The molecule has 1 aliphatic rings. The van der Waals surface area contributed by atoms with Crippen molar-refractivity contribution >= 4 is 10.0 Å². The highest BCUT2D eigenvalue weighted by atomic mass is 32.2. The molecular weight excluding hydrogens is 250 g/mol. The van der Waals surface area contributed by atoms with Crippen molar-refractivity contribution in [3.63, 3.8) is 0 Å². The average Bonchev–Trinajstić information content (AvgIpc) is 2.78. The Balaban J connectivity index is 2.06. The Labute approximate surface area is 109 Å². The number of hydrogen-bond acceptors (Lipinski definition) is 3. The number of sulfonamides is 1. The van der Waals surface area contributed by atoms with Crippen molar-refractivity contribution in [2.75, 3.05) is 13.1 Å². The topological polar surface area (TPSA) is 66.1 Å². The van der Waals surface area contributed by atoms with Crippen LogP contribution in [0, 0.1) is 5.92 Å². The molecule has 2 heterocycles. The van der Waals surface area contributed by atoms with Gasteiger partial charge in [0.25, 0.3) is 0 Å². The highest BCUT2D eigenvalue weighted by Gasteiger charge is 2.27. The number of aromatic nitrogens is 2. The van der Waals surface area contributed by atoms with E-state index < -0.39 is 10.0 Å². The van der Waals surface area contributed by atoms with Crippen LogP contribution >= 0.6 is 0 Å². The van der Waals surface area contributed by atoms with E-state index in [4.69, 9.17) is 0 Å². The van der Waals surface area contributed by atoms with Crippen LogP contribution in [0.1, 0.15) is 39.0 Å². The summed E-state index contributed by atoms with van der Waals surface area (Å²) in [5.74, 6) is 0.680. The highest BCUT2D eigenvalue weighted by Crippen LogP contribution is 2.25. The van der Waals surface area contributed by atoms with Gasteiger partial charge in [0.15, 0.2) is 0 Å². The first-order chi connectivity index (χ1) is 8.64. The van der Waals surface area contributed by atoms with Gasteiger partial charge in [-0.3, -0.25) is 5.10 Å². The Kier molecular flexibility index (Phi) is 4.40. The molecule has 2 rings (SSSR count). The standard InChI is InChI=1S/C12H21N3O2S/c1-2-4-11-5-3-7-15(8-6-11)18(16,17)12-9-13-14-10-12/h9-11H,2-8H2,1H3,(H,13,14). The molecule has 1 aromatic rings. The smallest absolute Gasteiger partial charge is 0.246 e. The first kappa shape index (κ1) is 13.5. The monoisotopic (exact) mass is 271 g/mol. The number of nitrogens with zero attached hydrogens (tertiary/aromatic N) is 2. The van der Waals surface area contributed by atoms with Crippen LogP contribution in [-0.4, -0.2) is 36.0 Å². The second-order valence-electron chi connectivity index (χ2n) is 4.92. The van der Waals surface area contributed by atoms with Gasteiger partial charge in [-0.1, -0.05) is 19.8 Å². The molecule has 0 aromatic carbocycles. The Morgan fingerprint density at radius 3 is 2.94 bits per heavy atom. The van der Waals surface area contributed by atoms with Gasteiger partial charge in [0.05, 0.1) is 6.20 Å². The van der Waals surface area contributed by atoms with Gasteiger partial charge < -0.3 is 0 Å². The fourth-order valence-electron chi connectivity index (χ4n) is 2.61. The van der Waals surface area contributed by atoms with E-state index in [9.17, 15) is 8.42 Å². The van der Waals surface area contributed by atoms with Crippen LogP contribution in [0.25, 0.3) is 0 Å². The van der Waals surface area contributed by atoms with Crippen molar-refractivity contribution in [3.8, 4) is 0 Å². The second-order valence-corrected chi connectivity index (χ2v) is 6.86. The third kappa shape index (κ3) is 2.92. The van der Waals surface area contributed by atoms with Crippen molar-refractivity contribution in [1.29, 1.82) is 0 Å².